The zero-order valence-corrected chi connectivity index (χ0v) is 18.5. The van der Waals surface area contributed by atoms with E-state index >= 15 is 0 Å². The lowest BCUT2D eigenvalue weighted by atomic mass is 10.2. The first-order valence-corrected chi connectivity index (χ1v) is 10.9. The Morgan fingerprint density at radius 2 is 2.03 bits per heavy atom. The van der Waals surface area contributed by atoms with E-state index in [9.17, 15) is 9.59 Å². The van der Waals surface area contributed by atoms with Crippen LogP contribution in [0.3, 0.4) is 0 Å². The van der Waals surface area contributed by atoms with E-state index in [1.165, 1.54) is 18.4 Å². The second kappa shape index (κ2) is 10.6. The van der Waals surface area contributed by atoms with Gasteiger partial charge >= 0.3 is 11.9 Å². The number of rotatable bonds is 9. The van der Waals surface area contributed by atoms with Gasteiger partial charge in [-0.2, -0.15) is 0 Å². The van der Waals surface area contributed by atoms with Crippen LogP contribution in [0.4, 0.5) is 5.82 Å². The number of anilines is 1. The highest BCUT2D eigenvalue weighted by Gasteiger charge is 2.22. The summed E-state index contributed by atoms with van der Waals surface area (Å²) in [6, 6.07) is 0. The van der Waals surface area contributed by atoms with E-state index in [-0.39, 0.29) is 12.4 Å². The summed E-state index contributed by atoms with van der Waals surface area (Å²) < 4.78 is 15.3. The predicted molar refractivity (Wildman–Crippen MR) is 114 cm³/mol. The highest BCUT2D eigenvalue weighted by molar-refractivity contribution is 7.20. The van der Waals surface area contributed by atoms with E-state index in [1.807, 2.05) is 6.92 Å². The summed E-state index contributed by atoms with van der Waals surface area (Å²) in [6.07, 6.45) is 0.909. The van der Waals surface area contributed by atoms with E-state index < -0.39 is 5.97 Å². The summed E-state index contributed by atoms with van der Waals surface area (Å²) >= 11 is 1.26. The van der Waals surface area contributed by atoms with Crippen LogP contribution < -0.4 is 5.32 Å². The molecule has 0 saturated carbocycles. The van der Waals surface area contributed by atoms with Gasteiger partial charge in [-0.05, 0) is 32.4 Å². The van der Waals surface area contributed by atoms with Crippen LogP contribution >= 0.6 is 11.3 Å². The molecular weight excluding hydrogens is 408 g/mol. The van der Waals surface area contributed by atoms with Crippen LogP contribution in [0.25, 0.3) is 10.2 Å². The number of aromatic nitrogens is 2. The van der Waals surface area contributed by atoms with Crippen LogP contribution in [-0.2, 0) is 25.4 Å². The summed E-state index contributed by atoms with van der Waals surface area (Å²) in [4.78, 5) is 36.6. The molecule has 0 spiro atoms. The standard InChI is InChI=1S/C20H28N4O5S/c1-4-29-20(26)17-13(2)16-18(21-6-5-7-24-8-10-28-11-9-24)22-14(12-15(25)27-3)23-19(16)30-17/h4-12H2,1-3H3,(H,21,22,23). The van der Waals surface area contributed by atoms with Gasteiger partial charge in [0.2, 0.25) is 0 Å². The quantitative estimate of drug-likeness (QED) is 0.467. The van der Waals surface area contributed by atoms with E-state index in [4.69, 9.17) is 14.2 Å². The summed E-state index contributed by atoms with van der Waals surface area (Å²) in [6.45, 7) is 9.09. The number of ether oxygens (including phenoxy) is 3. The van der Waals surface area contributed by atoms with Crippen molar-refractivity contribution in [2.75, 3.05) is 58.4 Å². The molecule has 1 aliphatic rings. The number of nitrogens with zero attached hydrogens (tertiary/aromatic N) is 3. The molecule has 3 heterocycles. The van der Waals surface area contributed by atoms with Crippen LogP contribution in [0.2, 0.25) is 0 Å². The van der Waals surface area contributed by atoms with Crippen LogP contribution in [0, 0.1) is 6.92 Å². The Kier molecular flexibility index (Phi) is 7.94. The Balaban J connectivity index is 1.81. The maximum Gasteiger partial charge on any atom is 0.348 e. The number of thiophene rings is 1. The molecule has 0 aliphatic carbocycles. The van der Waals surface area contributed by atoms with Crippen LogP contribution in [0.5, 0.6) is 0 Å². The molecule has 30 heavy (non-hydrogen) atoms. The lowest BCUT2D eigenvalue weighted by Crippen LogP contribution is -2.37. The van der Waals surface area contributed by atoms with Gasteiger partial charge in [0.05, 0.1) is 32.3 Å². The highest BCUT2D eigenvalue weighted by Crippen LogP contribution is 2.34. The Morgan fingerprint density at radius 1 is 1.27 bits per heavy atom. The molecule has 2 aromatic rings. The number of carbonyl (C=O) groups excluding carboxylic acids is 2. The molecule has 1 N–H and O–H groups in total. The summed E-state index contributed by atoms with van der Waals surface area (Å²) in [7, 11) is 1.33. The summed E-state index contributed by atoms with van der Waals surface area (Å²) in [5, 5.41) is 4.17. The van der Waals surface area contributed by atoms with Crippen molar-refractivity contribution < 1.29 is 23.8 Å². The van der Waals surface area contributed by atoms with Gasteiger partial charge in [-0.15, -0.1) is 11.3 Å². The molecule has 1 aliphatic heterocycles. The minimum atomic E-state index is -0.411. The minimum Gasteiger partial charge on any atom is -0.469 e. The molecule has 0 bridgehead atoms. The van der Waals surface area contributed by atoms with Crippen molar-refractivity contribution in [2.24, 2.45) is 0 Å². The topological polar surface area (TPSA) is 103 Å². The van der Waals surface area contributed by atoms with E-state index in [2.05, 4.69) is 20.2 Å². The summed E-state index contributed by atoms with van der Waals surface area (Å²) in [5.41, 5.74) is 0.786. The van der Waals surface area contributed by atoms with Crippen LogP contribution in [-0.4, -0.2) is 79.9 Å². The smallest absolute Gasteiger partial charge is 0.348 e. The third kappa shape index (κ3) is 5.44. The number of nitrogens with one attached hydrogen (secondary N) is 1. The van der Waals surface area contributed by atoms with Crippen LogP contribution in [0.1, 0.15) is 34.4 Å². The number of fused-ring (bicyclic) bond motifs is 1. The SMILES string of the molecule is CCOC(=O)c1sc2nc(CC(=O)OC)nc(NCCCN3CCOCC3)c2c1C. The van der Waals surface area contributed by atoms with Gasteiger partial charge in [-0.3, -0.25) is 9.69 Å². The molecule has 0 amide bonds. The lowest BCUT2D eigenvalue weighted by Gasteiger charge is -2.26. The fourth-order valence-corrected chi connectivity index (χ4v) is 4.41. The second-order valence-electron chi connectivity index (χ2n) is 6.93. The lowest BCUT2D eigenvalue weighted by molar-refractivity contribution is -0.139. The fraction of sp³-hybridized carbons (Fsp3) is 0.600. The first kappa shape index (κ1) is 22.4. The van der Waals surface area contributed by atoms with Crippen molar-refractivity contribution in [3.05, 3.63) is 16.3 Å². The van der Waals surface area contributed by atoms with Gasteiger partial charge in [-0.25, -0.2) is 14.8 Å². The van der Waals surface area contributed by atoms with Gasteiger partial charge in [-0.1, -0.05) is 0 Å². The monoisotopic (exact) mass is 436 g/mol. The van der Waals surface area contributed by atoms with Gasteiger partial charge in [0.25, 0.3) is 0 Å². The largest absolute Gasteiger partial charge is 0.469 e. The molecule has 1 fully saturated rings. The molecule has 1 saturated heterocycles. The van der Waals surface area contributed by atoms with Crippen LogP contribution in [0.15, 0.2) is 0 Å². The van der Waals surface area contributed by atoms with E-state index in [1.54, 1.807) is 6.92 Å². The zero-order chi connectivity index (χ0) is 21.5. The van der Waals surface area contributed by atoms with Crippen molar-refractivity contribution in [2.45, 2.75) is 26.7 Å². The van der Waals surface area contributed by atoms with Crippen molar-refractivity contribution in [3.63, 3.8) is 0 Å². The molecular formula is C20H28N4O5S. The first-order chi connectivity index (χ1) is 14.5. The number of morpholine rings is 1. The third-order valence-corrected chi connectivity index (χ3v) is 6.04. The fourth-order valence-electron chi connectivity index (χ4n) is 3.32. The molecule has 0 radical (unpaired) electrons. The molecule has 164 valence electrons. The maximum absolute atomic E-state index is 12.3. The Bertz CT molecular complexity index is 895. The zero-order valence-electron chi connectivity index (χ0n) is 17.7. The van der Waals surface area contributed by atoms with Crippen molar-refractivity contribution in [3.8, 4) is 0 Å². The number of carbonyl (C=O) groups is 2. The molecule has 9 nitrogen and oxygen atoms in total. The Hall–Kier alpha value is -2.30. The number of esters is 2. The molecule has 3 rings (SSSR count). The van der Waals surface area contributed by atoms with Crippen molar-refractivity contribution in [1.82, 2.24) is 14.9 Å². The number of methoxy groups -OCH3 is 1. The normalized spacial score (nSPS) is 14.6. The van der Waals surface area contributed by atoms with Gasteiger partial charge in [0.1, 0.15) is 27.8 Å². The summed E-state index contributed by atoms with van der Waals surface area (Å²) in [5.74, 6) is 0.212. The Morgan fingerprint density at radius 3 is 2.73 bits per heavy atom. The van der Waals surface area contributed by atoms with Gasteiger partial charge in [0.15, 0.2) is 0 Å². The predicted octanol–water partition coefficient (Wildman–Crippen LogP) is 2.03. The van der Waals surface area contributed by atoms with Crippen molar-refractivity contribution in [1.29, 1.82) is 0 Å². The third-order valence-electron chi connectivity index (χ3n) is 4.87. The van der Waals surface area contributed by atoms with Gasteiger partial charge < -0.3 is 19.5 Å². The minimum absolute atomic E-state index is 0.0272. The molecule has 10 heteroatoms. The molecule has 0 atom stereocenters. The number of hydrogen-bond acceptors (Lipinski definition) is 10. The van der Waals surface area contributed by atoms with E-state index in [0.29, 0.717) is 34.5 Å². The Labute approximate surface area is 179 Å². The van der Waals surface area contributed by atoms with E-state index in [0.717, 1.165) is 50.2 Å². The average molecular weight is 437 g/mol. The molecule has 0 aromatic carbocycles. The highest BCUT2D eigenvalue weighted by atomic mass is 32.1. The number of hydrogen-bond donors (Lipinski definition) is 1. The molecule has 2 aromatic heterocycles. The molecule has 0 unspecified atom stereocenters. The van der Waals surface area contributed by atoms with Gasteiger partial charge in [0, 0.05) is 19.6 Å². The maximum atomic E-state index is 12.3. The second-order valence-corrected chi connectivity index (χ2v) is 7.93. The van der Waals surface area contributed by atoms with Crippen molar-refractivity contribution >= 4 is 39.3 Å². The first-order valence-electron chi connectivity index (χ1n) is 10.1. The number of aryl methyl sites for hydroxylation is 1. The average Bonchev–Trinajstić information content (AvgIpc) is 3.08.